The molecular weight excluding hydrogens is 346 g/mol. The molecule has 2 atom stereocenters. The second kappa shape index (κ2) is 5.44. The largest absolute Gasteiger partial charge is 0.266 e. The zero-order chi connectivity index (χ0) is 18.0. The number of hydrogen-bond acceptors (Lipinski definition) is 6. The molecule has 0 radical (unpaired) electrons. The summed E-state index contributed by atoms with van der Waals surface area (Å²) < 4.78 is 3.72. The molecule has 26 heavy (non-hydrogen) atoms. The minimum Gasteiger partial charge on any atom is -0.266 e. The van der Waals surface area contributed by atoms with Crippen molar-refractivity contribution >= 4 is 17.0 Å². The number of aromatic nitrogens is 7. The Labute approximate surface area is 154 Å². The van der Waals surface area contributed by atoms with Gasteiger partial charge in [-0.05, 0) is 44.9 Å². The summed E-state index contributed by atoms with van der Waals surface area (Å²) in [6.07, 6.45) is 3.09. The van der Waals surface area contributed by atoms with E-state index < -0.39 is 0 Å². The monoisotopic (exact) mass is 365 g/mol. The zero-order valence-corrected chi connectivity index (χ0v) is 15.9. The van der Waals surface area contributed by atoms with Crippen LogP contribution in [0, 0.1) is 20.8 Å². The Balaban J connectivity index is 1.51. The van der Waals surface area contributed by atoms with Crippen LogP contribution in [0.4, 0.5) is 0 Å². The predicted octanol–water partition coefficient (Wildman–Crippen LogP) is 3.18. The number of rotatable bonds is 3. The van der Waals surface area contributed by atoms with Crippen LogP contribution in [0.1, 0.15) is 45.2 Å². The Bertz CT molecular complexity index is 1140. The van der Waals surface area contributed by atoms with Crippen molar-refractivity contribution in [2.24, 2.45) is 7.05 Å². The molecular formula is C18H19N7S. The van der Waals surface area contributed by atoms with Gasteiger partial charge in [-0.15, -0.1) is 21.5 Å². The van der Waals surface area contributed by atoms with Crippen molar-refractivity contribution < 1.29 is 0 Å². The van der Waals surface area contributed by atoms with Gasteiger partial charge in [0.15, 0.2) is 11.5 Å². The van der Waals surface area contributed by atoms with Gasteiger partial charge in [-0.2, -0.15) is 14.7 Å². The molecule has 0 aromatic carbocycles. The van der Waals surface area contributed by atoms with Crippen LogP contribution in [-0.4, -0.2) is 34.6 Å². The molecule has 0 spiro atoms. The summed E-state index contributed by atoms with van der Waals surface area (Å²) in [5.41, 5.74) is 4.89. The first-order valence-electron chi connectivity index (χ1n) is 8.67. The lowest BCUT2D eigenvalue weighted by molar-refractivity contribution is 0.741. The van der Waals surface area contributed by atoms with Crippen LogP contribution >= 0.6 is 11.3 Å². The van der Waals surface area contributed by atoms with Gasteiger partial charge in [0.25, 0.3) is 0 Å². The Morgan fingerprint density at radius 1 is 1.08 bits per heavy atom. The van der Waals surface area contributed by atoms with Crippen molar-refractivity contribution in [1.82, 2.24) is 34.6 Å². The van der Waals surface area contributed by atoms with Crippen molar-refractivity contribution in [2.45, 2.75) is 39.0 Å². The molecule has 8 heteroatoms. The average Bonchev–Trinajstić information content (AvgIpc) is 2.91. The maximum Gasteiger partial charge on any atom is 0.180 e. The minimum atomic E-state index is 0.460. The van der Waals surface area contributed by atoms with Gasteiger partial charge in [0, 0.05) is 30.0 Å². The molecule has 1 saturated carbocycles. The molecule has 4 aromatic heterocycles. The second-order valence-electron chi connectivity index (χ2n) is 7.03. The van der Waals surface area contributed by atoms with E-state index in [9.17, 15) is 0 Å². The molecule has 0 N–H and O–H groups in total. The van der Waals surface area contributed by atoms with Gasteiger partial charge in [0.05, 0.1) is 16.4 Å². The molecule has 2 unspecified atom stereocenters. The molecule has 4 aromatic rings. The van der Waals surface area contributed by atoms with Gasteiger partial charge in [-0.1, -0.05) is 0 Å². The SMILES string of the molecule is Cc1cnc(C2CC2c2cc(-c3cc(C)c4nnc(C)n4n3)n(C)n2)s1. The highest BCUT2D eigenvalue weighted by Gasteiger charge is 2.43. The topological polar surface area (TPSA) is 73.8 Å². The predicted molar refractivity (Wildman–Crippen MR) is 99.4 cm³/mol. The molecule has 1 aliphatic carbocycles. The third-order valence-corrected chi connectivity index (χ3v) is 6.04. The minimum absolute atomic E-state index is 0.460. The fourth-order valence-corrected chi connectivity index (χ4v) is 4.46. The number of aryl methyl sites for hydroxylation is 4. The molecule has 5 rings (SSSR count). The third-order valence-electron chi connectivity index (χ3n) is 5.00. The lowest BCUT2D eigenvalue weighted by Gasteiger charge is -2.04. The first-order valence-corrected chi connectivity index (χ1v) is 9.49. The Kier molecular flexibility index (Phi) is 3.27. The fourth-order valence-electron chi connectivity index (χ4n) is 3.50. The highest BCUT2D eigenvalue weighted by molar-refractivity contribution is 7.11. The number of hydrogen-bond donors (Lipinski definition) is 0. The normalized spacial score (nSPS) is 19.4. The van der Waals surface area contributed by atoms with Gasteiger partial charge in [-0.3, -0.25) is 4.68 Å². The van der Waals surface area contributed by atoms with E-state index in [1.807, 2.05) is 31.8 Å². The summed E-state index contributed by atoms with van der Waals surface area (Å²) in [5.74, 6) is 1.75. The van der Waals surface area contributed by atoms with E-state index in [1.54, 1.807) is 15.9 Å². The zero-order valence-electron chi connectivity index (χ0n) is 15.1. The van der Waals surface area contributed by atoms with Gasteiger partial charge in [0.2, 0.25) is 0 Å². The van der Waals surface area contributed by atoms with E-state index in [-0.39, 0.29) is 0 Å². The van der Waals surface area contributed by atoms with Crippen LogP contribution in [-0.2, 0) is 7.05 Å². The van der Waals surface area contributed by atoms with Gasteiger partial charge < -0.3 is 0 Å². The molecule has 7 nitrogen and oxygen atoms in total. The summed E-state index contributed by atoms with van der Waals surface area (Å²) in [6, 6.07) is 4.22. The summed E-state index contributed by atoms with van der Waals surface area (Å²) in [6.45, 7) is 6.05. The second-order valence-corrected chi connectivity index (χ2v) is 8.30. The van der Waals surface area contributed by atoms with Gasteiger partial charge in [-0.25, -0.2) is 4.98 Å². The fraction of sp³-hybridized carbons (Fsp3) is 0.389. The Morgan fingerprint density at radius 3 is 2.69 bits per heavy atom. The molecule has 0 bridgehead atoms. The van der Waals surface area contributed by atoms with Crippen LogP contribution in [0.15, 0.2) is 18.3 Å². The highest BCUT2D eigenvalue weighted by Crippen LogP contribution is 2.55. The summed E-state index contributed by atoms with van der Waals surface area (Å²) in [5, 5.41) is 19.0. The van der Waals surface area contributed by atoms with E-state index in [1.165, 1.54) is 9.88 Å². The first-order chi connectivity index (χ1) is 12.5. The van der Waals surface area contributed by atoms with Gasteiger partial charge >= 0.3 is 0 Å². The maximum atomic E-state index is 4.76. The molecule has 132 valence electrons. The smallest absolute Gasteiger partial charge is 0.180 e. The third kappa shape index (κ3) is 2.36. The van der Waals surface area contributed by atoms with Crippen LogP contribution < -0.4 is 0 Å². The first kappa shape index (κ1) is 15.6. The van der Waals surface area contributed by atoms with E-state index in [2.05, 4.69) is 34.2 Å². The van der Waals surface area contributed by atoms with Crippen LogP contribution in [0.25, 0.3) is 17.0 Å². The molecule has 0 saturated heterocycles. The summed E-state index contributed by atoms with van der Waals surface area (Å²) in [7, 11) is 1.98. The van der Waals surface area contributed by atoms with Crippen molar-refractivity contribution in [2.75, 3.05) is 0 Å². The summed E-state index contributed by atoms with van der Waals surface area (Å²) in [4.78, 5) is 5.81. The van der Waals surface area contributed by atoms with Crippen molar-refractivity contribution in [3.63, 3.8) is 0 Å². The van der Waals surface area contributed by atoms with E-state index >= 15 is 0 Å². The van der Waals surface area contributed by atoms with E-state index in [0.29, 0.717) is 11.8 Å². The molecule has 1 fully saturated rings. The number of thiazole rings is 1. The molecule has 1 aliphatic rings. The molecule has 4 heterocycles. The molecule has 0 amide bonds. The van der Waals surface area contributed by atoms with Crippen LogP contribution in [0.2, 0.25) is 0 Å². The lowest BCUT2D eigenvalue weighted by atomic mass is 10.2. The quantitative estimate of drug-likeness (QED) is 0.557. The Morgan fingerprint density at radius 2 is 1.92 bits per heavy atom. The maximum absolute atomic E-state index is 4.76. The van der Waals surface area contributed by atoms with Crippen molar-refractivity contribution in [1.29, 1.82) is 0 Å². The van der Waals surface area contributed by atoms with Crippen molar-refractivity contribution in [3.8, 4) is 11.4 Å². The standard InChI is InChI=1S/C18H19N7S/c1-9-5-15(23-25-11(3)20-21-17(9)25)16-7-14(22-24(16)4)12-6-13(12)18-19-8-10(2)26-18/h5,7-8,12-13H,6H2,1-4H3. The van der Waals surface area contributed by atoms with E-state index in [0.717, 1.165) is 40.5 Å². The van der Waals surface area contributed by atoms with Crippen molar-refractivity contribution in [3.05, 3.63) is 45.3 Å². The van der Waals surface area contributed by atoms with E-state index in [4.69, 9.17) is 10.2 Å². The average molecular weight is 365 g/mol. The highest BCUT2D eigenvalue weighted by atomic mass is 32.1. The number of fused-ring (bicyclic) bond motifs is 1. The summed E-state index contributed by atoms with van der Waals surface area (Å²) >= 11 is 1.79. The molecule has 0 aliphatic heterocycles. The number of nitrogens with zero attached hydrogens (tertiary/aromatic N) is 7. The van der Waals surface area contributed by atoms with Gasteiger partial charge in [0.1, 0.15) is 5.69 Å². The Hall–Kier alpha value is -2.61. The van der Waals surface area contributed by atoms with Crippen LogP contribution in [0.3, 0.4) is 0 Å². The van der Waals surface area contributed by atoms with Crippen LogP contribution in [0.5, 0.6) is 0 Å². The lowest BCUT2D eigenvalue weighted by Crippen LogP contribution is -2.02.